The number of pyridine rings is 2. The zero-order valence-corrected chi connectivity index (χ0v) is 30.7. The van der Waals surface area contributed by atoms with Gasteiger partial charge in [-0.2, -0.15) is 0 Å². The minimum atomic E-state index is -0.0510. The number of nitrogens with zero attached hydrogens (tertiary/aromatic N) is 6. The molecule has 0 saturated heterocycles. The van der Waals surface area contributed by atoms with E-state index in [1.165, 1.54) is 75.3 Å². The number of rotatable bonds is 8. The van der Waals surface area contributed by atoms with Gasteiger partial charge in [-0.05, 0) is 121 Å². The molecule has 2 unspecified atom stereocenters. The fraction of sp³-hybridized carbons (Fsp3) is 0.409. The third-order valence-corrected chi connectivity index (χ3v) is 11.2. The number of aromatic nitrogens is 6. The molecule has 0 spiro atoms. The van der Waals surface area contributed by atoms with Crippen molar-refractivity contribution in [3.63, 3.8) is 0 Å². The van der Waals surface area contributed by atoms with Gasteiger partial charge < -0.3 is 11.5 Å². The van der Waals surface area contributed by atoms with Crippen LogP contribution < -0.4 is 11.5 Å². The Balaban J connectivity index is 0.000000162. The van der Waals surface area contributed by atoms with Crippen LogP contribution in [0.3, 0.4) is 0 Å². The Morgan fingerprint density at radius 1 is 0.500 bits per heavy atom. The molecular formula is C44H52N8. The largest absolute Gasteiger partial charge is 0.321 e. The van der Waals surface area contributed by atoms with Crippen molar-refractivity contribution in [2.45, 2.75) is 103 Å². The molecule has 0 amide bonds. The number of hydrogen-bond acceptors (Lipinski definition) is 8. The van der Waals surface area contributed by atoms with Gasteiger partial charge in [0.05, 0.1) is 34.5 Å². The highest BCUT2D eigenvalue weighted by atomic mass is 15.0. The predicted octanol–water partition coefficient (Wildman–Crippen LogP) is 9.67. The van der Waals surface area contributed by atoms with Gasteiger partial charge in [0, 0.05) is 35.6 Å². The van der Waals surface area contributed by atoms with E-state index in [0.717, 1.165) is 68.8 Å². The molecule has 2 aromatic carbocycles. The van der Waals surface area contributed by atoms with E-state index in [-0.39, 0.29) is 12.1 Å². The van der Waals surface area contributed by atoms with Gasteiger partial charge in [0.2, 0.25) is 0 Å². The molecule has 4 aromatic heterocycles. The maximum Gasteiger partial charge on any atom is 0.146 e. The van der Waals surface area contributed by atoms with Crippen molar-refractivity contribution in [2.75, 3.05) is 0 Å². The van der Waals surface area contributed by atoms with Crippen LogP contribution >= 0.6 is 0 Å². The zero-order chi connectivity index (χ0) is 35.9. The van der Waals surface area contributed by atoms with E-state index in [1.807, 2.05) is 49.1 Å². The number of aryl methyl sites for hydroxylation is 2. The molecule has 2 aliphatic carbocycles. The Bertz CT molecular complexity index is 1920. The Hall–Kier alpha value is -4.66. The molecule has 8 heteroatoms. The molecule has 2 atom stereocenters. The van der Waals surface area contributed by atoms with Gasteiger partial charge in [-0.15, -0.1) is 0 Å². The molecule has 2 aliphatic rings. The van der Waals surface area contributed by atoms with Gasteiger partial charge >= 0.3 is 0 Å². The third-order valence-electron chi connectivity index (χ3n) is 11.2. The van der Waals surface area contributed by atoms with Crippen LogP contribution in [0.5, 0.6) is 0 Å². The first-order valence-electron chi connectivity index (χ1n) is 19.5. The van der Waals surface area contributed by atoms with E-state index in [4.69, 9.17) is 31.4 Å². The van der Waals surface area contributed by atoms with Crippen LogP contribution in [-0.4, -0.2) is 29.9 Å². The normalized spacial score (nSPS) is 16.7. The van der Waals surface area contributed by atoms with Crippen molar-refractivity contribution in [2.24, 2.45) is 23.3 Å². The fourth-order valence-corrected chi connectivity index (χ4v) is 8.12. The van der Waals surface area contributed by atoms with E-state index in [1.54, 1.807) is 0 Å². The first kappa shape index (κ1) is 35.7. The van der Waals surface area contributed by atoms with E-state index >= 15 is 0 Å². The lowest BCUT2D eigenvalue weighted by atomic mass is 9.84. The van der Waals surface area contributed by atoms with Crippen LogP contribution in [0.2, 0.25) is 0 Å². The average molecular weight is 693 g/mol. The number of hydrogen-bond donors (Lipinski definition) is 2. The molecule has 0 aliphatic heterocycles. The van der Waals surface area contributed by atoms with Gasteiger partial charge in [0.15, 0.2) is 0 Å². The Morgan fingerprint density at radius 2 is 0.885 bits per heavy atom. The van der Waals surface area contributed by atoms with Gasteiger partial charge in [-0.3, -0.25) is 9.97 Å². The molecule has 0 radical (unpaired) electrons. The summed E-state index contributed by atoms with van der Waals surface area (Å²) in [6.07, 6.45) is 21.6. The minimum absolute atomic E-state index is 0.0510. The lowest BCUT2D eigenvalue weighted by Crippen LogP contribution is -2.26. The van der Waals surface area contributed by atoms with E-state index in [9.17, 15) is 0 Å². The SMILES string of the molecule is CCc1nc(C(N)C2CCCCC2)nc2ccc(-c3ccncc3)cc12.CCc1nc(C(N)C2CCCCC2)nc2ccc(-c3ccncc3)cc12. The zero-order valence-electron chi connectivity index (χ0n) is 30.7. The molecule has 6 aromatic rings. The molecule has 2 fully saturated rings. The fourth-order valence-electron chi connectivity index (χ4n) is 8.12. The summed E-state index contributed by atoms with van der Waals surface area (Å²) in [6, 6.07) is 20.9. The van der Waals surface area contributed by atoms with E-state index < -0.39 is 0 Å². The second kappa shape index (κ2) is 16.8. The molecule has 52 heavy (non-hydrogen) atoms. The average Bonchev–Trinajstić information content (AvgIpc) is 3.23. The lowest BCUT2D eigenvalue weighted by molar-refractivity contribution is 0.301. The first-order chi connectivity index (χ1) is 25.5. The van der Waals surface area contributed by atoms with Crippen LogP contribution in [0.15, 0.2) is 85.5 Å². The maximum atomic E-state index is 6.57. The van der Waals surface area contributed by atoms with Crippen molar-refractivity contribution in [3.8, 4) is 22.3 Å². The highest BCUT2D eigenvalue weighted by Crippen LogP contribution is 2.35. The highest BCUT2D eigenvalue weighted by Gasteiger charge is 2.26. The summed E-state index contributed by atoms with van der Waals surface area (Å²) in [7, 11) is 0. The molecule has 8 nitrogen and oxygen atoms in total. The van der Waals surface area contributed by atoms with Crippen LogP contribution in [-0.2, 0) is 12.8 Å². The minimum Gasteiger partial charge on any atom is -0.321 e. The standard InChI is InChI=1S/2C22H26N4/c2*1-2-19-18-14-17(15-10-12-24-13-11-15)8-9-20(18)26-22(25-19)21(23)16-6-4-3-5-7-16/h2*8-14,16,21H,2-7,23H2,1H3. The molecular weight excluding hydrogens is 641 g/mol. The smallest absolute Gasteiger partial charge is 0.146 e. The number of nitrogens with two attached hydrogens (primary N) is 2. The molecule has 0 bridgehead atoms. The quantitative estimate of drug-likeness (QED) is 0.161. The summed E-state index contributed by atoms with van der Waals surface area (Å²) in [5, 5.41) is 2.25. The topological polar surface area (TPSA) is 129 Å². The van der Waals surface area contributed by atoms with Crippen molar-refractivity contribution in [3.05, 3.63) is 108 Å². The van der Waals surface area contributed by atoms with Gasteiger partial charge in [-0.25, -0.2) is 19.9 Å². The summed E-state index contributed by atoms with van der Waals surface area (Å²) in [5.41, 5.74) is 22.0. The van der Waals surface area contributed by atoms with Crippen molar-refractivity contribution < 1.29 is 0 Å². The highest BCUT2D eigenvalue weighted by molar-refractivity contribution is 5.87. The monoisotopic (exact) mass is 692 g/mol. The van der Waals surface area contributed by atoms with Crippen molar-refractivity contribution >= 4 is 21.8 Å². The number of benzene rings is 2. The van der Waals surface area contributed by atoms with E-state index in [2.05, 4.69) is 60.2 Å². The Labute approximate surface area is 308 Å². The summed E-state index contributed by atoms with van der Waals surface area (Å²) >= 11 is 0. The second-order valence-corrected chi connectivity index (χ2v) is 14.5. The third kappa shape index (κ3) is 8.03. The van der Waals surface area contributed by atoms with Crippen LogP contribution in [0, 0.1) is 11.8 Å². The molecule has 4 N–H and O–H groups in total. The summed E-state index contributed by atoms with van der Waals surface area (Å²) in [6.45, 7) is 4.30. The summed E-state index contributed by atoms with van der Waals surface area (Å²) in [4.78, 5) is 27.7. The lowest BCUT2D eigenvalue weighted by Gasteiger charge is -2.26. The Morgan fingerprint density at radius 3 is 1.25 bits per heavy atom. The van der Waals surface area contributed by atoms with Crippen molar-refractivity contribution in [1.82, 2.24) is 29.9 Å². The molecule has 8 rings (SSSR count). The van der Waals surface area contributed by atoms with Gasteiger partial charge in [-0.1, -0.05) is 64.5 Å². The van der Waals surface area contributed by atoms with Crippen LogP contribution in [0.4, 0.5) is 0 Å². The predicted molar refractivity (Wildman–Crippen MR) is 211 cm³/mol. The molecule has 268 valence electrons. The second-order valence-electron chi connectivity index (χ2n) is 14.5. The Kier molecular flexibility index (Phi) is 11.5. The first-order valence-corrected chi connectivity index (χ1v) is 19.5. The number of fused-ring (bicyclic) bond motifs is 2. The molecule has 2 saturated carbocycles. The molecule has 4 heterocycles. The van der Waals surface area contributed by atoms with Crippen molar-refractivity contribution in [1.29, 1.82) is 0 Å². The van der Waals surface area contributed by atoms with Crippen LogP contribution in [0.25, 0.3) is 44.1 Å². The van der Waals surface area contributed by atoms with Crippen LogP contribution in [0.1, 0.15) is 113 Å². The van der Waals surface area contributed by atoms with Gasteiger partial charge in [0.25, 0.3) is 0 Å². The summed E-state index contributed by atoms with van der Waals surface area (Å²) < 4.78 is 0. The van der Waals surface area contributed by atoms with Gasteiger partial charge in [0.1, 0.15) is 11.6 Å². The summed E-state index contributed by atoms with van der Waals surface area (Å²) in [5.74, 6) is 2.67. The maximum absolute atomic E-state index is 6.57. The van der Waals surface area contributed by atoms with E-state index in [0.29, 0.717) is 11.8 Å².